The van der Waals surface area contributed by atoms with Crippen LogP contribution in [0.3, 0.4) is 0 Å². The van der Waals surface area contributed by atoms with Crippen molar-refractivity contribution in [2.24, 2.45) is 0 Å². The first kappa shape index (κ1) is 64.0. The van der Waals surface area contributed by atoms with E-state index in [1.54, 1.807) is 6.08 Å². The van der Waals surface area contributed by atoms with Gasteiger partial charge >= 0.3 is 7.82 Å². The predicted molar refractivity (Wildman–Crippen MR) is 281 cm³/mol. The van der Waals surface area contributed by atoms with Gasteiger partial charge in [0.2, 0.25) is 5.91 Å². The van der Waals surface area contributed by atoms with Gasteiger partial charge in [-0.1, -0.05) is 250 Å². The van der Waals surface area contributed by atoms with Crippen molar-refractivity contribution >= 4 is 13.7 Å². The second kappa shape index (κ2) is 48.0. The summed E-state index contributed by atoms with van der Waals surface area (Å²) in [5.41, 5.74) is 0. The molecule has 0 saturated carbocycles. The van der Waals surface area contributed by atoms with Crippen LogP contribution in [0.1, 0.15) is 277 Å². The van der Waals surface area contributed by atoms with Gasteiger partial charge < -0.3 is 19.8 Å². The molecule has 0 aliphatic carbocycles. The van der Waals surface area contributed by atoms with E-state index in [0.29, 0.717) is 17.4 Å². The van der Waals surface area contributed by atoms with Crippen molar-refractivity contribution in [2.75, 3.05) is 40.9 Å². The first-order valence-corrected chi connectivity index (χ1v) is 29.7. The Morgan fingerprint density at radius 2 is 0.831 bits per heavy atom. The Kier molecular flexibility index (Phi) is 47.3. The number of quaternary nitrogens is 1. The molecule has 65 heavy (non-hydrogen) atoms. The molecule has 3 N–H and O–H groups in total. The molecule has 0 rings (SSSR count). The fourth-order valence-electron chi connectivity index (χ4n) is 8.45. The predicted octanol–water partition coefficient (Wildman–Crippen LogP) is 16.8. The molecule has 0 aromatic carbocycles. The summed E-state index contributed by atoms with van der Waals surface area (Å²) >= 11 is 0. The average molecular weight is 940 g/mol. The monoisotopic (exact) mass is 940 g/mol. The summed E-state index contributed by atoms with van der Waals surface area (Å²) in [6.07, 6.45) is 59.8. The van der Waals surface area contributed by atoms with Gasteiger partial charge in [-0.05, 0) is 44.9 Å². The summed E-state index contributed by atoms with van der Waals surface area (Å²) in [5, 5.41) is 13.9. The minimum atomic E-state index is -4.34. The third-order valence-electron chi connectivity index (χ3n) is 12.9. The number of hydrogen-bond acceptors (Lipinski definition) is 5. The van der Waals surface area contributed by atoms with Gasteiger partial charge in [-0.25, -0.2) is 4.57 Å². The van der Waals surface area contributed by atoms with E-state index in [9.17, 15) is 19.4 Å². The Morgan fingerprint density at radius 3 is 1.18 bits per heavy atom. The second-order valence-corrected chi connectivity index (χ2v) is 22.1. The van der Waals surface area contributed by atoms with Crippen LogP contribution in [-0.2, 0) is 18.4 Å². The quantitative estimate of drug-likeness (QED) is 0.0243. The molecule has 3 atom stereocenters. The highest BCUT2D eigenvalue weighted by atomic mass is 31.2. The van der Waals surface area contributed by atoms with E-state index in [4.69, 9.17) is 9.05 Å². The topological polar surface area (TPSA) is 105 Å². The first-order chi connectivity index (χ1) is 31.5. The molecule has 3 unspecified atom stereocenters. The van der Waals surface area contributed by atoms with Gasteiger partial charge in [0, 0.05) is 6.42 Å². The molecule has 0 saturated heterocycles. The number of carbonyl (C=O) groups excluding carboxylic acids is 1. The SMILES string of the molecule is CCCCCCCCCCCC/C=C\CCCCCCCCCC(=O)NC(COP(=O)(O)OCC[N+](C)(C)C)C(O)/C=C/CCCCCCCCCCCCCCCCCCCCCC. The number of carbonyl (C=O) groups is 1. The molecule has 0 aliphatic heterocycles. The van der Waals surface area contributed by atoms with Gasteiger partial charge in [0.15, 0.2) is 0 Å². The summed E-state index contributed by atoms with van der Waals surface area (Å²) in [7, 11) is 1.58. The van der Waals surface area contributed by atoms with Crippen LogP contribution in [0.2, 0.25) is 0 Å². The highest BCUT2D eigenvalue weighted by molar-refractivity contribution is 7.47. The van der Waals surface area contributed by atoms with E-state index < -0.39 is 20.0 Å². The Labute approximate surface area is 404 Å². The van der Waals surface area contributed by atoms with Crippen LogP contribution in [0, 0.1) is 0 Å². The molecular weight excluding hydrogens is 828 g/mol. The zero-order valence-electron chi connectivity index (χ0n) is 44.0. The van der Waals surface area contributed by atoms with Gasteiger partial charge in [0.25, 0.3) is 0 Å². The largest absolute Gasteiger partial charge is 0.472 e. The molecule has 0 fully saturated rings. The lowest BCUT2D eigenvalue weighted by atomic mass is 10.0. The van der Waals surface area contributed by atoms with Gasteiger partial charge in [-0.2, -0.15) is 0 Å². The highest BCUT2D eigenvalue weighted by Gasteiger charge is 2.27. The maximum atomic E-state index is 13.0. The molecule has 0 aromatic heterocycles. The number of likely N-dealkylation sites (N-methyl/N-ethyl adjacent to an activating group) is 1. The first-order valence-electron chi connectivity index (χ1n) is 28.2. The van der Waals surface area contributed by atoms with Crippen LogP contribution < -0.4 is 5.32 Å². The van der Waals surface area contributed by atoms with Crippen LogP contribution in [0.5, 0.6) is 0 Å². The number of aliphatic hydroxyl groups is 1. The standard InChI is InChI=1S/C56H111N2O6P/c1-6-8-10-12-14-16-18-20-22-24-26-28-30-31-33-35-37-39-41-43-45-47-49-55(59)54(53-64-65(61,62)63-52-51-58(3,4)5)57-56(60)50-48-46-44-42-40-38-36-34-32-29-27-25-23-21-19-17-15-13-11-9-7-2/h29,32,47,49,54-55,59H,6-28,30-31,33-46,48,50-53H2,1-5H3,(H-,57,60,61,62)/p+1/b32-29-,49-47+. The molecule has 0 radical (unpaired) electrons. The lowest BCUT2D eigenvalue weighted by molar-refractivity contribution is -0.870. The van der Waals surface area contributed by atoms with Gasteiger partial charge in [-0.3, -0.25) is 13.8 Å². The van der Waals surface area contributed by atoms with Gasteiger partial charge in [-0.15, -0.1) is 0 Å². The molecule has 8 nitrogen and oxygen atoms in total. The van der Waals surface area contributed by atoms with Crippen molar-refractivity contribution in [1.29, 1.82) is 0 Å². The van der Waals surface area contributed by atoms with E-state index in [1.165, 1.54) is 218 Å². The van der Waals surface area contributed by atoms with Crippen molar-refractivity contribution < 1.29 is 32.9 Å². The van der Waals surface area contributed by atoms with Crippen LogP contribution >= 0.6 is 7.82 Å². The highest BCUT2D eigenvalue weighted by Crippen LogP contribution is 2.43. The van der Waals surface area contributed by atoms with Crippen molar-refractivity contribution in [3.8, 4) is 0 Å². The molecule has 0 aliphatic rings. The molecule has 0 bridgehead atoms. The smallest absolute Gasteiger partial charge is 0.387 e. The minimum absolute atomic E-state index is 0.0623. The summed E-state index contributed by atoms with van der Waals surface area (Å²) < 4.78 is 23.7. The molecular formula is C56H112N2O6P+. The van der Waals surface area contributed by atoms with E-state index >= 15 is 0 Å². The number of phosphoric acid groups is 1. The third kappa shape index (κ3) is 50.7. The zero-order valence-corrected chi connectivity index (χ0v) is 44.9. The summed E-state index contributed by atoms with van der Waals surface area (Å²) in [6, 6.07) is -0.847. The molecule has 1 amide bonds. The number of allylic oxidation sites excluding steroid dienone is 3. The molecule has 0 heterocycles. The maximum Gasteiger partial charge on any atom is 0.472 e. The lowest BCUT2D eigenvalue weighted by Gasteiger charge is -2.25. The van der Waals surface area contributed by atoms with Crippen molar-refractivity contribution in [3.05, 3.63) is 24.3 Å². The maximum absolute atomic E-state index is 13.0. The number of nitrogens with one attached hydrogen (secondary N) is 1. The van der Waals surface area contributed by atoms with E-state index in [0.717, 1.165) is 38.5 Å². The Hall–Kier alpha value is -1.02. The fourth-order valence-corrected chi connectivity index (χ4v) is 9.19. The van der Waals surface area contributed by atoms with Crippen molar-refractivity contribution in [3.63, 3.8) is 0 Å². The summed E-state index contributed by atoms with van der Waals surface area (Å²) in [6.45, 7) is 4.85. The van der Waals surface area contributed by atoms with E-state index in [1.807, 2.05) is 27.2 Å². The number of amides is 1. The summed E-state index contributed by atoms with van der Waals surface area (Å²) in [5.74, 6) is -0.177. The number of nitrogens with zero attached hydrogens (tertiary/aromatic N) is 1. The number of rotatable bonds is 52. The van der Waals surface area contributed by atoms with E-state index in [2.05, 4.69) is 31.3 Å². The number of hydrogen-bond donors (Lipinski definition) is 3. The summed E-state index contributed by atoms with van der Waals surface area (Å²) in [4.78, 5) is 23.3. The fraction of sp³-hybridized carbons (Fsp3) is 0.911. The normalized spacial score (nSPS) is 14.1. The molecule has 0 aromatic rings. The molecule has 9 heteroatoms. The average Bonchev–Trinajstić information content (AvgIpc) is 3.26. The van der Waals surface area contributed by atoms with Crippen LogP contribution in [0.4, 0.5) is 0 Å². The Balaban J connectivity index is 4.24. The number of unbranched alkanes of at least 4 members (excludes halogenated alkanes) is 37. The lowest BCUT2D eigenvalue weighted by Crippen LogP contribution is -2.45. The third-order valence-corrected chi connectivity index (χ3v) is 13.9. The van der Waals surface area contributed by atoms with Crippen LogP contribution in [0.25, 0.3) is 0 Å². The number of phosphoric ester groups is 1. The van der Waals surface area contributed by atoms with Crippen molar-refractivity contribution in [1.82, 2.24) is 5.32 Å². The van der Waals surface area contributed by atoms with Gasteiger partial charge in [0.1, 0.15) is 13.2 Å². The van der Waals surface area contributed by atoms with Crippen molar-refractivity contribution in [2.45, 2.75) is 289 Å². The Morgan fingerprint density at radius 1 is 0.508 bits per heavy atom. The van der Waals surface area contributed by atoms with Crippen LogP contribution in [-0.4, -0.2) is 73.4 Å². The van der Waals surface area contributed by atoms with Gasteiger partial charge in [0.05, 0.1) is 39.9 Å². The number of aliphatic hydroxyl groups excluding tert-OH is 1. The Bertz CT molecular complexity index is 1110. The molecule has 386 valence electrons. The van der Waals surface area contributed by atoms with E-state index in [-0.39, 0.29) is 19.1 Å². The zero-order chi connectivity index (χ0) is 47.8. The molecule has 0 spiro atoms. The second-order valence-electron chi connectivity index (χ2n) is 20.7. The minimum Gasteiger partial charge on any atom is -0.387 e. The van der Waals surface area contributed by atoms with Crippen LogP contribution in [0.15, 0.2) is 24.3 Å².